The molecule has 0 spiro atoms. The van der Waals surface area contributed by atoms with E-state index in [1.165, 1.54) is 52.5 Å². The van der Waals surface area contributed by atoms with Crippen molar-refractivity contribution in [1.82, 2.24) is 20.5 Å². The number of aromatic nitrogens is 3. The van der Waals surface area contributed by atoms with E-state index in [4.69, 9.17) is 4.98 Å². The van der Waals surface area contributed by atoms with Gasteiger partial charge in [-0.15, -0.1) is 11.3 Å². The van der Waals surface area contributed by atoms with Crippen molar-refractivity contribution < 1.29 is 0 Å². The molecule has 4 nitrogen and oxygen atoms in total. The van der Waals surface area contributed by atoms with Gasteiger partial charge in [0.2, 0.25) is 0 Å². The molecule has 0 radical (unpaired) electrons. The average molecular weight is 304 g/mol. The van der Waals surface area contributed by atoms with Gasteiger partial charge >= 0.3 is 0 Å². The summed E-state index contributed by atoms with van der Waals surface area (Å²) >= 11 is 1.91. The molecular formula is C16H24N4S. The molecule has 1 atom stereocenters. The van der Waals surface area contributed by atoms with Crippen molar-refractivity contribution in [3.63, 3.8) is 0 Å². The summed E-state index contributed by atoms with van der Waals surface area (Å²) in [4.78, 5) is 6.36. The normalized spacial score (nSPS) is 15.9. The lowest BCUT2D eigenvalue weighted by Gasteiger charge is -2.10. The summed E-state index contributed by atoms with van der Waals surface area (Å²) in [7, 11) is 0. The van der Waals surface area contributed by atoms with Gasteiger partial charge in [0.1, 0.15) is 5.01 Å². The summed E-state index contributed by atoms with van der Waals surface area (Å²) < 4.78 is 0. The first-order valence-electron chi connectivity index (χ1n) is 7.94. The Bertz CT molecular complexity index is 563. The van der Waals surface area contributed by atoms with Gasteiger partial charge in [-0.3, -0.25) is 5.10 Å². The fourth-order valence-electron chi connectivity index (χ4n) is 2.87. The second-order valence-electron chi connectivity index (χ2n) is 5.93. The molecule has 2 N–H and O–H groups in total. The first kappa shape index (κ1) is 14.7. The molecule has 2 aromatic rings. The molecule has 5 heteroatoms. The Labute approximate surface area is 130 Å². The average Bonchev–Trinajstić information content (AvgIpc) is 3.09. The van der Waals surface area contributed by atoms with Gasteiger partial charge in [0.05, 0.1) is 17.9 Å². The van der Waals surface area contributed by atoms with E-state index >= 15 is 0 Å². The predicted molar refractivity (Wildman–Crippen MR) is 86.8 cm³/mol. The quantitative estimate of drug-likeness (QED) is 0.805. The largest absolute Gasteiger partial charge is 0.308 e. The molecule has 2 aromatic heterocycles. The third-order valence-corrected chi connectivity index (χ3v) is 5.58. The SMILES string of the molecule is Cc1[nH]ncc1CCCNC(C)c1nc2c(s1)CCCC2. The number of thiazole rings is 1. The summed E-state index contributed by atoms with van der Waals surface area (Å²) in [5.41, 5.74) is 3.88. The van der Waals surface area contributed by atoms with Crippen LogP contribution in [-0.2, 0) is 19.3 Å². The van der Waals surface area contributed by atoms with Crippen molar-refractivity contribution >= 4 is 11.3 Å². The number of aromatic amines is 1. The Morgan fingerprint density at radius 3 is 3.00 bits per heavy atom. The van der Waals surface area contributed by atoms with Gasteiger partial charge in [-0.25, -0.2) is 4.98 Å². The van der Waals surface area contributed by atoms with Crippen LogP contribution >= 0.6 is 11.3 Å². The van der Waals surface area contributed by atoms with E-state index in [-0.39, 0.29) is 0 Å². The van der Waals surface area contributed by atoms with Crippen LogP contribution < -0.4 is 5.32 Å². The van der Waals surface area contributed by atoms with Crippen LogP contribution in [0.15, 0.2) is 6.20 Å². The summed E-state index contributed by atoms with van der Waals surface area (Å²) in [5.74, 6) is 0. The minimum atomic E-state index is 0.367. The van der Waals surface area contributed by atoms with Gasteiger partial charge < -0.3 is 5.32 Å². The lowest BCUT2D eigenvalue weighted by atomic mass is 10.0. The van der Waals surface area contributed by atoms with E-state index in [1.807, 2.05) is 17.5 Å². The fourth-order valence-corrected chi connectivity index (χ4v) is 4.05. The van der Waals surface area contributed by atoms with Gasteiger partial charge in [0.25, 0.3) is 0 Å². The highest BCUT2D eigenvalue weighted by atomic mass is 32.1. The molecule has 1 unspecified atom stereocenters. The van der Waals surface area contributed by atoms with Gasteiger partial charge in [0.15, 0.2) is 0 Å². The smallest absolute Gasteiger partial charge is 0.110 e. The second kappa shape index (κ2) is 6.71. The highest BCUT2D eigenvalue weighted by molar-refractivity contribution is 7.11. The molecule has 0 saturated carbocycles. The topological polar surface area (TPSA) is 53.6 Å². The number of nitrogens with zero attached hydrogens (tertiary/aromatic N) is 2. The van der Waals surface area contributed by atoms with Crippen LogP contribution in [0.4, 0.5) is 0 Å². The Hall–Kier alpha value is -1.20. The van der Waals surface area contributed by atoms with Crippen molar-refractivity contribution in [3.8, 4) is 0 Å². The van der Waals surface area contributed by atoms with Crippen molar-refractivity contribution in [2.45, 2.75) is 58.4 Å². The van der Waals surface area contributed by atoms with E-state index in [0.29, 0.717) is 6.04 Å². The van der Waals surface area contributed by atoms with Gasteiger partial charge in [-0.2, -0.15) is 5.10 Å². The first-order valence-corrected chi connectivity index (χ1v) is 8.76. The Balaban J connectivity index is 1.47. The van der Waals surface area contributed by atoms with Crippen LogP contribution in [0.5, 0.6) is 0 Å². The van der Waals surface area contributed by atoms with Crippen molar-refractivity contribution in [2.75, 3.05) is 6.54 Å². The zero-order chi connectivity index (χ0) is 14.7. The summed E-state index contributed by atoms with van der Waals surface area (Å²) in [6.45, 7) is 5.34. The molecule has 1 aliphatic rings. The first-order chi connectivity index (χ1) is 10.2. The maximum Gasteiger partial charge on any atom is 0.110 e. The number of fused-ring (bicyclic) bond motifs is 1. The van der Waals surface area contributed by atoms with Crippen LogP contribution in [0.25, 0.3) is 0 Å². The molecule has 114 valence electrons. The van der Waals surface area contributed by atoms with Crippen molar-refractivity contribution in [1.29, 1.82) is 0 Å². The van der Waals surface area contributed by atoms with E-state index in [9.17, 15) is 0 Å². The zero-order valence-corrected chi connectivity index (χ0v) is 13.7. The number of H-pyrrole nitrogens is 1. The fraction of sp³-hybridized carbons (Fsp3) is 0.625. The van der Waals surface area contributed by atoms with E-state index < -0.39 is 0 Å². The number of aryl methyl sites for hydroxylation is 4. The van der Waals surface area contributed by atoms with Crippen LogP contribution in [0.2, 0.25) is 0 Å². The molecule has 21 heavy (non-hydrogen) atoms. The van der Waals surface area contributed by atoms with Crippen LogP contribution in [0, 0.1) is 6.92 Å². The Morgan fingerprint density at radius 1 is 1.38 bits per heavy atom. The molecule has 0 aliphatic heterocycles. The maximum absolute atomic E-state index is 4.83. The number of nitrogens with one attached hydrogen (secondary N) is 2. The minimum Gasteiger partial charge on any atom is -0.308 e. The summed E-state index contributed by atoms with van der Waals surface area (Å²) in [6.07, 6.45) is 9.21. The van der Waals surface area contributed by atoms with Crippen molar-refractivity contribution in [2.24, 2.45) is 0 Å². The van der Waals surface area contributed by atoms with Crippen LogP contribution in [0.3, 0.4) is 0 Å². The summed E-state index contributed by atoms with van der Waals surface area (Å²) in [6, 6.07) is 0.367. The highest BCUT2D eigenvalue weighted by Gasteiger charge is 2.17. The van der Waals surface area contributed by atoms with Crippen molar-refractivity contribution in [3.05, 3.63) is 33.0 Å². The molecular weight excluding hydrogens is 280 g/mol. The molecule has 2 heterocycles. The Kier molecular flexibility index (Phi) is 4.70. The number of rotatable bonds is 6. The van der Waals surface area contributed by atoms with E-state index in [1.54, 1.807) is 0 Å². The van der Waals surface area contributed by atoms with Gasteiger partial charge in [-0.1, -0.05) is 0 Å². The third kappa shape index (κ3) is 3.52. The molecule has 0 saturated heterocycles. The van der Waals surface area contributed by atoms with E-state index in [2.05, 4.69) is 29.4 Å². The monoisotopic (exact) mass is 304 g/mol. The van der Waals surface area contributed by atoms with Crippen LogP contribution in [-0.4, -0.2) is 21.7 Å². The molecule has 3 rings (SSSR count). The minimum absolute atomic E-state index is 0.367. The summed E-state index contributed by atoms with van der Waals surface area (Å²) in [5, 5.41) is 11.9. The lowest BCUT2D eigenvalue weighted by molar-refractivity contribution is 0.553. The van der Waals surface area contributed by atoms with Crippen LogP contribution in [0.1, 0.15) is 59.1 Å². The van der Waals surface area contributed by atoms with Gasteiger partial charge in [-0.05, 0) is 64.5 Å². The Morgan fingerprint density at radius 2 is 2.24 bits per heavy atom. The molecule has 1 aliphatic carbocycles. The standard InChI is InChI=1S/C16H24N4S/c1-11-13(10-18-20-11)6-5-9-17-12(2)16-19-14-7-3-4-8-15(14)21-16/h10,12,17H,3-9H2,1-2H3,(H,18,20). The number of hydrogen-bond donors (Lipinski definition) is 2. The predicted octanol–water partition coefficient (Wildman–Crippen LogP) is 3.34. The molecule has 0 bridgehead atoms. The second-order valence-corrected chi connectivity index (χ2v) is 7.04. The highest BCUT2D eigenvalue weighted by Crippen LogP contribution is 2.29. The number of hydrogen-bond acceptors (Lipinski definition) is 4. The zero-order valence-electron chi connectivity index (χ0n) is 12.9. The third-order valence-electron chi connectivity index (χ3n) is 4.24. The molecule has 0 amide bonds. The van der Waals surface area contributed by atoms with Gasteiger partial charge in [0, 0.05) is 10.6 Å². The maximum atomic E-state index is 4.83. The molecule has 0 aromatic carbocycles. The van der Waals surface area contributed by atoms with E-state index in [0.717, 1.165) is 19.4 Å². The molecule has 0 fully saturated rings. The lowest BCUT2D eigenvalue weighted by Crippen LogP contribution is -2.20.